The molecule has 2 N–H and O–H groups in total. The lowest BCUT2D eigenvalue weighted by Gasteiger charge is -2.04. The fraction of sp³-hybridized carbons (Fsp3) is 0. The van der Waals surface area contributed by atoms with Crippen LogP contribution in [0.1, 0.15) is 0 Å². The molecule has 0 radical (unpaired) electrons. The van der Waals surface area contributed by atoms with Crippen molar-refractivity contribution in [2.24, 2.45) is 0 Å². The molecule has 0 spiro atoms. The van der Waals surface area contributed by atoms with Crippen molar-refractivity contribution < 1.29 is 9.21 Å². The van der Waals surface area contributed by atoms with Crippen molar-refractivity contribution >= 4 is 33.5 Å². The first-order chi connectivity index (χ1) is 7.74. The quantitative estimate of drug-likeness (QED) is 0.882. The molecule has 2 amide bonds. The molecule has 0 aliphatic carbocycles. The number of para-hydroxylation sites is 1. The highest BCUT2D eigenvalue weighted by atomic mass is 79.9. The van der Waals surface area contributed by atoms with E-state index in [-0.39, 0.29) is 6.03 Å². The molecule has 82 valence electrons. The predicted octanol–water partition coefficient (Wildman–Crippen LogP) is 3.69. The smallest absolute Gasteiger partial charge is 0.326 e. The van der Waals surface area contributed by atoms with E-state index in [2.05, 4.69) is 26.6 Å². The van der Waals surface area contributed by atoms with Crippen LogP contribution in [0, 0.1) is 0 Å². The Morgan fingerprint density at radius 1 is 1.06 bits per heavy atom. The summed E-state index contributed by atoms with van der Waals surface area (Å²) < 4.78 is 5.71. The number of rotatable bonds is 2. The van der Waals surface area contributed by atoms with E-state index in [9.17, 15) is 4.79 Å². The molecule has 1 aromatic carbocycles. The van der Waals surface area contributed by atoms with Crippen molar-refractivity contribution in [2.75, 3.05) is 10.6 Å². The first kappa shape index (κ1) is 10.8. The van der Waals surface area contributed by atoms with Gasteiger partial charge in [-0.15, -0.1) is 0 Å². The van der Waals surface area contributed by atoms with Crippen LogP contribution in [-0.4, -0.2) is 6.03 Å². The summed E-state index contributed by atoms with van der Waals surface area (Å²) in [7, 11) is 0. The van der Waals surface area contributed by atoms with Crippen LogP contribution >= 0.6 is 15.9 Å². The summed E-state index contributed by atoms with van der Waals surface area (Å²) in [6.45, 7) is 0. The molecule has 4 nitrogen and oxygen atoms in total. The first-order valence-corrected chi connectivity index (χ1v) is 5.42. The number of hydrogen-bond acceptors (Lipinski definition) is 2. The van der Waals surface area contributed by atoms with Crippen LogP contribution in [-0.2, 0) is 0 Å². The molecule has 0 atom stereocenters. The molecule has 0 bridgehead atoms. The van der Waals surface area contributed by atoms with Crippen LogP contribution in [0.5, 0.6) is 0 Å². The highest BCUT2D eigenvalue weighted by Gasteiger charge is 2.04. The molecule has 2 aromatic rings. The standard InChI is InChI=1S/C11H9BrN2O2/c12-9-6-7-10(16-9)14-11(15)13-8-4-2-1-3-5-8/h1-7H,(H2,13,14,15). The van der Waals surface area contributed by atoms with Crippen LogP contribution in [0.4, 0.5) is 16.4 Å². The average Bonchev–Trinajstić information content (AvgIpc) is 2.65. The van der Waals surface area contributed by atoms with Gasteiger partial charge < -0.3 is 9.73 Å². The number of carbonyl (C=O) groups is 1. The Labute approximate surface area is 101 Å². The molecular weight excluding hydrogens is 272 g/mol. The van der Waals surface area contributed by atoms with E-state index in [1.165, 1.54) is 0 Å². The number of urea groups is 1. The van der Waals surface area contributed by atoms with Gasteiger partial charge in [0, 0.05) is 11.8 Å². The number of hydrogen-bond donors (Lipinski definition) is 2. The molecular formula is C11H9BrN2O2. The summed E-state index contributed by atoms with van der Waals surface area (Å²) in [5.41, 5.74) is 0.727. The second-order valence-corrected chi connectivity index (χ2v) is 3.83. The van der Waals surface area contributed by atoms with Crippen molar-refractivity contribution in [2.45, 2.75) is 0 Å². The lowest BCUT2D eigenvalue weighted by Crippen LogP contribution is -2.18. The summed E-state index contributed by atoms with van der Waals surface area (Å²) in [6, 6.07) is 12.2. The third-order valence-corrected chi connectivity index (χ3v) is 2.27. The van der Waals surface area contributed by atoms with Crippen LogP contribution in [0.2, 0.25) is 0 Å². The number of amides is 2. The maximum atomic E-state index is 11.5. The molecule has 0 saturated heterocycles. The highest BCUT2D eigenvalue weighted by Crippen LogP contribution is 2.18. The van der Waals surface area contributed by atoms with Crippen LogP contribution < -0.4 is 10.6 Å². The van der Waals surface area contributed by atoms with Crippen molar-refractivity contribution in [3.05, 3.63) is 47.1 Å². The molecule has 2 rings (SSSR count). The van der Waals surface area contributed by atoms with E-state index in [1.54, 1.807) is 24.3 Å². The average molecular weight is 281 g/mol. The second-order valence-electron chi connectivity index (χ2n) is 3.05. The van der Waals surface area contributed by atoms with Gasteiger partial charge in [-0.25, -0.2) is 4.79 Å². The number of anilines is 2. The molecule has 16 heavy (non-hydrogen) atoms. The Bertz CT molecular complexity index is 482. The van der Waals surface area contributed by atoms with Gasteiger partial charge in [0.1, 0.15) is 0 Å². The van der Waals surface area contributed by atoms with Gasteiger partial charge in [-0.2, -0.15) is 0 Å². The summed E-state index contributed by atoms with van der Waals surface area (Å²) >= 11 is 3.15. The topological polar surface area (TPSA) is 54.3 Å². The Kier molecular flexibility index (Phi) is 3.26. The molecule has 1 heterocycles. The minimum Gasteiger partial charge on any atom is -0.434 e. The summed E-state index contributed by atoms with van der Waals surface area (Å²) in [5, 5.41) is 5.24. The zero-order chi connectivity index (χ0) is 11.4. The van der Waals surface area contributed by atoms with E-state index in [1.807, 2.05) is 18.2 Å². The monoisotopic (exact) mass is 280 g/mol. The van der Waals surface area contributed by atoms with Gasteiger partial charge >= 0.3 is 6.03 Å². The number of furan rings is 1. The van der Waals surface area contributed by atoms with Crippen molar-refractivity contribution in [1.82, 2.24) is 0 Å². The first-order valence-electron chi connectivity index (χ1n) is 4.62. The van der Waals surface area contributed by atoms with Gasteiger partial charge in [0.25, 0.3) is 0 Å². The largest absolute Gasteiger partial charge is 0.434 e. The third kappa shape index (κ3) is 2.87. The second kappa shape index (κ2) is 4.85. The fourth-order valence-electron chi connectivity index (χ4n) is 1.18. The lowest BCUT2D eigenvalue weighted by atomic mass is 10.3. The number of benzene rings is 1. The van der Waals surface area contributed by atoms with Gasteiger partial charge in [-0.1, -0.05) is 18.2 Å². The van der Waals surface area contributed by atoms with Crippen LogP contribution in [0.15, 0.2) is 51.6 Å². The fourth-order valence-corrected chi connectivity index (χ4v) is 1.48. The van der Waals surface area contributed by atoms with Gasteiger partial charge in [0.2, 0.25) is 5.88 Å². The summed E-state index contributed by atoms with van der Waals surface area (Å²) in [4.78, 5) is 11.5. The SMILES string of the molecule is O=C(Nc1ccccc1)Nc1ccc(Br)o1. The van der Waals surface area contributed by atoms with E-state index in [0.29, 0.717) is 10.6 Å². The summed E-state index contributed by atoms with van der Waals surface area (Å²) in [5.74, 6) is 0.389. The van der Waals surface area contributed by atoms with E-state index in [4.69, 9.17) is 4.42 Å². The Balaban J connectivity index is 1.95. The molecule has 1 aromatic heterocycles. The van der Waals surface area contributed by atoms with Gasteiger partial charge in [-0.3, -0.25) is 5.32 Å². The van der Waals surface area contributed by atoms with E-state index >= 15 is 0 Å². The van der Waals surface area contributed by atoms with Crippen LogP contribution in [0.3, 0.4) is 0 Å². The Morgan fingerprint density at radius 2 is 1.81 bits per heavy atom. The molecule has 0 unspecified atom stereocenters. The normalized spacial score (nSPS) is 9.81. The predicted molar refractivity (Wildman–Crippen MR) is 65.5 cm³/mol. The van der Waals surface area contributed by atoms with Crippen molar-refractivity contribution in [1.29, 1.82) is 0 Å². The van der Waals surface area contributed by atoms with Crippen LogP contribution in [0.25, 0.3) is 0 Å². The third-order valence-electron chi connectivity index (χ3n) is 1.84. The lowest BCUT2D eigenvalue weighted by molar-refractivity contribution is 0.261. The zero-order valence-corrected chi connectivity index (χ0v) is 9.82. The van der Waals surface area contributed by atoms with Gasteiger partial charge in [0.05, 0.1) is 0 Å². The zero-order valence-electron chi connectivity index (χ0n) is 8.24. The van der Waals surface area contributed by atoms with Crippen molar-refractivity contribution in [3.63, 3.8) is 0 Å². The maximum absolute atomic E-state index is 11.5. The highest BCUT2D eigenvalue weighted by molar-refractivity contribution is 9.10. The van der Waals surface area contributed by atoms with Gasteiger partial charge in [0.15, 0.2) is 4.67 Å². The number of halogens is 1. The molecule has 0 fully saturated rings. The molecule has 0 aliphatic heterocycles. The minimum atomic E-state index is -0.340. The Hall–Kier alpha value is -1.75. The minimum absolute atomic E-state index is 0.340. The van der Waals surface area contributed by atoms with Crippen molar-refractivity contribution in [3.8, 4) is 0 Å². The number of nitrogens with one attached hydrogen (secondary N) is 2. The van der Waals surface area contributed by atoms with Gasteiger partial charge in [-0.05, 0) is 34.1 Å². The molecule has 0 aliphatic rings. The molecule has 0 saturated carbocycles. The molecule has 5 heteroatoms. The van der Waals surface area contributed by atoms with E-state index in [0.717, 1.165) is 5.69 Å². The summed E-state index contributed by atoms with van der Waals surface area (Å²) in [6.07, 6.45) is 0. The van der Waals surface area contributed by atoms with E-state index < -0.39 is 0 Å². The number of carbonyl (C=O) groups excluding carboxylic acids is 1. The Morgan fingerprint density at radius 3 is 2.44 bits per heavy atom. The maximum Gasteiger partial charge on any atom is 0.326 e.